The van der Waals surface area contributed by atoms with Crippen molar-refractivity contribution in [1.29, 1.82) is 0 Å². The maximum Gasteiger partial charge on any atom is 0.152 e. The first-order chi connectivity index (χ1) is 4.84. The van der Waals surface area contributed by atoms with E-state index in [1.807, 2.05) is 0 Å². The summed E-state index contributed by atoms with van der Waals surface area (Å²) in [4.78, 5) is 17.7. The molecule has 0 fully saturated rings. The van der Waals surface area contributed by atoms with Crippen molar-refractivity contribution in [2.75, 3.05) is 0 Å². The van der Waals surface area contributed by atoms with Crippen molar-refractivity contribution in [3.63, 3.8) is 0 Å². The van der Waals surface area contributed by atoms with E-state index in [0.717, 1.165) is 0 Å². The summed E-state index contributed by atoms with van der Waals surface area (Å²) < 4.78 is 0. The Balaban J connectivity index is 2.84. The Morgan fingerprint density at radius 3 is 2.60 bits per heavy atom. The maximum atomic E-state index is 10.1. The zero-order chi connectivity index (χ0) is 7.40. The van der Waals surface area contributed by atoms with Gasteiger partial charge in [0.15, 0.2) is 5.82 Å². The molecule has 52 valence electrons. The molecule has 0 radical (unpaired) electrons. The molecule has 1 aromatic rings. The van der Waals surface area contributed by atoms with Gasteiger partial charge in [-0.1, -0.05) is 0 Å². The fourth-order valence-corrected chi connectivity index (χ4v) is 0.544. The molecule has 0 spiro atoms. The molecule has 0 aliphatic rings. The van der Waals surface area contributed by atoms with E-state index in [1.165, 1.54) is 0 Å². The van der Waals surface area contributed by atoms with E-state index >= 15 is 0 Å². The van der Waals surface area contributed by atoms with Crippen molar-refractivity contribution in [2.24, 2.45) is 5.73 Å². The molecule has 4 heteroatoms. The van der Waals surface area contributed by atoms with Crippen LogP contribution in [0.15, 0.2) is 18.5 Å². The minimum atomic E-state index is -0.693. The molecule has 0 amide bonds. The highest BCUT2D eigenvalue weighted by atomic mass is 16.1. The topological polar surface area (TPSA) is 68.9 Å². The van der Waals surface area contributed by atoms with Gasteiger partial charge in [0.2, 0.25) is 0 Å². The van der Waals surface area contributed by atoms with Crippen LogP contribution in [0.5, 0.6) is 0 Å². The van der Waals surface area contributed by atoms with Crippen LogP contribution in [0.25, 0.3) is 0 Å². The van der Waals surface area contributed by atoms with Gasteiger partial charge in [0, 0.05) is 12.4 Å². The summed E-state index contributed by atoms with van der Waals surface area (Å²) in [6.07, 6.45) is 3.70. The van der Waals surface area contributed by atoms with Crippen LogP contribution in [0.1, 0.15) is 11.9 Å². The fourth-order valence-electron chi connectivity index (χ4n) is 0.544. The van der Waals surface area contributed by atoms with Gasteiger partial charge >= 0.3 is 0 Å². The van der Waals surface area contributed by atoms with E-state index in [9.17, 15) is 4.79 Å². The van der Waals surface area contributed by atoms with Gasteiger partial charge in [-0.05, 0) is 6.07 Å². The summed E-state index contributed by atoms with van der Waals surface area (Å²) in [6, 6.07) is 0.974. The average Bonchev–Trinajstić information content (AvgIpc) is 2.05. The number of carbonyl (C=O) groups excluding carboxylic acids is 1. The third-order valence-corrected chi connectivity index (χ3v) is 1.03. The Morgan fingerprint density at radius 2 is 2.10 bits per heavy atom. The number of carbonyl (C=O) groups is 1. The first-order valence-electron chi connectivity index (χ1n) is 2.82. The Bertz CT molecular complexity index is 211. The largest absolute Gasteiger partial charge is 0.315 e. The molecule has 0 saturated carbocycles. The molecule has 0 aliphatic heterocycles. The van der Waals surface area contributed by atoms with E-state index in [0.29, 0.717) is 12.1 Å². The molecule has 1 aromatic heterocycles. The van der Waals surface area contributed by atoms with Crippen LogP contribution in [0.4, 0.5) is 0 Å². The molecule has 0 bridgehead atoms. The van der Waals surface area contributed by atoms with Gasteiger partial charge in [-0.15, -0.1) is 0 Å². The molecule has 2 N–H and O–H groups in total. The Morgan fingerprint density at radius 1 is 1.50 bits per heavy atom. The Kier molecular flexibility index (Phi) is 2.07. The predicted molar refractivity (Wildman–Crippen MR) is 35.0 cm³/mol. The molecule has 0 aliphatic carbocycles. The zero-order valence-electron chi connectivity index (χ0n) is 5.27. The average molecular weight is 137 g/mol. The van der Waals surface area contributed by atoms with Crippen LogP contribution < -0.4 is 5.73 Å². The van der Waals surface area contributed by atoms with Crippen LogP contribution in [0.2, 0.25) is 0 Å². The number of aldehydes is 1. The van der Waals surface area contributed by atoms with Crippen molar-refractivity contribution in [3.05, 3.63) is 24.3 Å². The van der Waals surface area contributed by atoms with Gasteiger partial charge in [-0.3, -0.25) is 0 Å². The summed E-state index contributed by atoms with van der Waals surface area (Å²) in [7, 11) is 0. The van der Waals surface area contributed by atoms with Crippen molar-refractivity contribution in [3.8, 4) is 0 Å². The van der Waals surface area contributed by atoms with Gasteiger partial charge in [-0.25, -0.2) is 9.97 Å². The van der Waals surface area contributed by atoms with Crippen LogP contribution in [-0.2, 0) is 4.79 Å². The van der Waals surface area contributed by atoms with E-state index in [2.05, 4.69) is 9.97 Å². The first kappa shape index (κ1) is 6.82. The van der Waals surface area contributed by atoms with Gasteiger partial charge in [0.1, 0.15) is 12.3 Å². The standard InChI is InChI=1S/C6H7N3O/c7-5(4-10)6-8-2-1-3-9-6/h1-5H,7H2. The van der Waals surface area contributed by atoms with Gasteiger partial charge < -0.3 is 10.5 Å². The van der Waals surface area contributed by atoms with Crippen LogP contribution in [-0.4, -0.2) is 16.3 Å². The Labute approximate surface area is 58.1 Å². The molecular formula is C6H7N3O. The summed E-state index contributed by atoms with van der Waals surface area (Å²) in [5.41, 5.74) is 5.30. The van der Waals surface area contributed by atoms with Crippen LogP contribution >= 0.6 is 0 Å². The quantitative estimate of drug-likeness (QED) is 0.567. The number of hydrogen-bond donors (Lipinski definition) is 1. The second-order valence-corrected chi connectivity index (χ2v) is 1.77. The van der Waals surface area contributed by atoms with Gasteiger partial charge in [0.05, 0.1) is 0 Å². The minimum Gasteiger partial charge on any atom is -0.315 e. The Hall–Kier alpha value is -1.29. The van der Waals surface area contributed by atoms with E-state index < -0.39 is 6.04 Å². The summed E-state index contributed by atoms with van der Waals surface area (Å²) in [5, 5.41) is 0. The smallest absolute Gasteiger partial charge is 0.152 e. The van der Waals surface area contributed by atoms with Crippen molar-refractivity contribution in [1.82, 2.24) is 9.97 Å². The van der Waals surface area contributed by atoms with Crippen molar-refractivity contribution >= 4 is 6.29 Å². The number of nitrogens with two attached hydrogens (primary N) is 1. The van der Waals surface area contributed by atoms with E-state index in [-0.39, 0.29) is 0 Å². The molecule has 1 atom stereocenters. The molecule has 1 rings (SSSR count). The molecule has 4 nitrogen and oxygen atoms in total. The molecule has 10 heavy (non-hydrogen) atoms. The number of aromatic nitrogens is 2. The highest BCUT2D eigenvalue weighted by molar-refractivity contribution is 5.58. The lowest BCUT2D eigenvalue weighted by Crippen LogP contribution is -2.14. The zero-order valence-corrected chi connectivity index (χ0v) is 5.27. The van der Waals surface area contributed by atoms with E-state index in [1.54, 1.807) is 18.5 Å². The minimum absolute atomic E-state index is 0.359. The third kappa shape index (κ3) is 1.35. The third-order valence-electron chi connectivity index (χ3n) is 1.03. The lowest BCUT2D eigenvalue weighted by molar-refractivity contribution is -0.109. The van der Waals surface area contributed by atoms with Crippen LogP contribution in [0.3, 0.4) is 0 Å². The molecular weight excluding hydrogens is 130 g/mol. The first-order valence-corrected chi connectivity index (χ1v) is 2.82. The number of rotatable bonds is 2. The lowest BCUT2D eigenvalue weighted by atomic mass is 10.3. The number of hydrogen-bond acceptors (Lipinski definition) is 4. The highest BCUT2D eigenvalue weighted by Gasteiger charge is 2.04. The summed E-state index contributed by atoms with van der Waals surface area (Å²) in [6.45, 7) is 0. The molecule has 0 aromatic carbocycles. The second kappa shape index (κ2) is 3.03. The highest BCUT2D eigenvalue weighted by Crippen LogP contribution is 1.96. The lowest BCUT2D eigenvalue weighted by Gasteiger charge is -1.98. The normalized spacial score (nSPS) is 12.5. The summed E-state index contributed by atoms with van der Waals surface area (Å²) >= 11 is 0. The molecule has 0 saturated heterocycles. The van der Waals surface area contributed by atoms with Gasteiger partial charge in [0.25, 0.3) is 0 Å². The fraction of sp³-hybridized carbons (Fsp3) is 0.167. The maximum absolute atomic E-state index is 10.1. The number of nitrogens with zero attached hydrogens (tertiary/aromatic N) is 2. The van der Waals surface area contributed by atoms with Crippen molar-refractivity contribution < 1.29 is 4.79 Å². The van der Waals surface area contributed by atoms with Crippen LogP contribution in [0, 0.1) is 0 Å². The summed E-state index contributed by atoms with van der Waals surface area (Å²) in [5.74, 6) is 0.359. The predicted octanol–water partition coefficient (Wildman–Crippen LogP) is -0.325. The van der Waals surface area contributed by atoms with Gasteiger partial charge in [-0.2, -0.15) is 0 Å². The SMILES string of the molecule is NC(C=O)c1ncccn1. The second-order valence-electron chi connectivity index (χ2n) is 1.77. The van der Waals surface area contributed by atoms with Crippen molar-refractivity contribution in [2.45, 2.75) is 6.04 Å². The molecule has 1 unspecified atom stereocenters. The van der Waals surface area contributed by atoms with E-state index in [4.69, 9.17) is 5.73 Å². The monoisotopic (exact) mass is 137 g/mol. The molecule has 1 heterocycles.